The van der Waals surface area contributed by atoms with Gasteiger partial charge in [0.05, 0.1) is 12.7 Å². The van der Waals surface area contributed by atoms with Crippen molar-refractivity contribution < 1.29 is 19.0 Å². The molecule has 0 saturated carbocycles. The van der Waals surface area contributed by atoms with E-state index in [9.17, 15) is 14.3 Å². The maximum atomic E-state index is 12.6. The molecule has 0 fully saturated rings. The van der Waals surface area contributed by atoms with E-state index in [1.807, 2.05) is 0 Å². The normalized spacial score (nSPS) is 9.50. The highest BCUT2D eigenvalue weighted by atomic mass is 19.1. The smallest absolute Gasteiger partial charge is 0.337 e. The summed E-state index contributed by atoms with van der Waals surface area (Å²) in [5.74, 6) is -2.34. The lowest BCUT2D eigenvalue weighted by Crippen LogP contribution is -2.03. The number of methoxy groups -OCH3 is 1. The highest BCUT2D eigenvalue weighted by molar-refractivity contribution is 5.89. The number of carbonyl (C=O) groups is 1. The van der Waals surface area contributed by atoms with Crippen LogP contribution in [0.4, 0.5) is 4.39 Å². The zero-order valence-corrected chi connectivity index (χ0v) is 6.33. The van der Waals surface area contributed by atoms with Crippen LogP contribution in [-0.4, -0.2) is 13.1 Å². The van der Waals surface area contributed by atoms with Gasteiger partial charge < -0.3 is 9.84 Å². The molecule has 4 heteroatoms. The maximum absolute atomic E-state index is 12.6. The molecule has 0 amide bonds. The van der Waals surface area contributed by atoms with Crippen molar-refractivity contribution in [3.8, 4) is 5.75 Å². The van der Waals surface area contributed by atoms with E-state index in [2.05, 4.69) is 4.74 Å². The summed E-state index contributed by atoms with van der Waals surface area (Å²) in [6, 6.07) is 3.06. The number of benzene rings is 1. The Morgan fingerprint density at radius 2 is 2.25 bits per heavy atom. The summed E-state index contributed by atoms with van der Waals surface area (Å²) in [4.78, 5) is 10.8. The van der Waals surface area contributed by atoms with Crippen molar-refractivity contribution in [1.29, 1.82) is 0 Å². The largest absolute Gasteiger partial charge is 0.870 e. The van der Waals surface area contributed by atoms with Crippen LogP contribution in [0.3, 0.4) is 0 Å². The predicted octanol–water partition coefficient (Wildman–Crippen LogP) is 0.686. The first-order valence-electron chi connectivity index (χ1n) is 3.20. The highest BCUT2D eigenvalue weighted by Gasteiger charge is 2.05. The summed E-state index contributed by atoms with van der Waals surface area (Å²) in [6.07, 6.45) is 0. The first-order valence-corrected chi connectivity index (χ1v) is 3.20. The van der Waals surface area contributed by atoms with Gasteiger partial charge in [-0.05, 0) is 12.1 Å². The molecule has 0 aliphatic heterocycles. The highest BCUT2D eigenvalue weighted by Crippen LogP contribution is 2.13. The molecule has 0 atom stereocenters. The molecule has 0 aliphatic rings. The van der Waals surface area contributed by atoms with Crippen LogP contribution in [-0.2, 0) is 4.74 Å². The topological polar surface area (TPSA) is 49.4 Å². The SMILES string of the molecule is COC(=O)c1ccc([O-])c(F)c1. The van der Waals surface area contributed by atoms with E-state index < -0.39 is 17.5 Å². The van der Waals surface area contributed by atoms with E-state index in [0.29, 0.717) is 0 Å². The number of carbonyl (C=O) groups excluding carboxylic acids is 1. The molecule has 0 aromatic heterocycles. The molecule has 0 heterocycles. The van der Waals surface area contributed by atoms with Crippen molar-refractivity contribution in [2.45, 2.75) is 0 Å². The van der Waals surface area contributed by atoms with E-state index in [-0.39, 0.29) is 5.56 Å². The monoisotopic (exact) mass is 169 g/mol. The molecule has 3 nitrogen and oxygen atoms in total. The zero-order valence-electron chi connectivity index (χ0n) is 6.33. The van der Waals surface area contributed by atoms with Gasteiger partial charge in [-0.25, -0.2) is 9.18 Å². The second-order valence-corrected chi connectivity index (χ2v) is 2.14. The minimum absolute atomic E-state index is 0.0367. The van der Waals surface area contributed by atoms with E-state index >= 15 is 0 Å². The molecule has 0 N–H and O–H groups in total. The van der Waals surface area contributed by atoms with Crippen LogP contribution in [0.5, 0.6) is 5.75 Å². The van der Waals surface area contributed by atoms with Crippen LogP contribution < -0.4 is 5.11 Å². The molecule has 0 aliphatic carbocycles. The predicted molar refractivity (Wildman–Crippen MR) is 37.2 cm³/mol. The van der Waals surface area contributed by atoms with Gasteiger partial charge in [-0.1, -0.05) is 11.8 Å². The molecule has 1 aromatic carbocycles. The molecule has 0 bridgehead atoms. The molecule has 64 valence electrons. The number of hydrogen-bond donors (Lipinski definition) is 0. The lowest BCUT2D eigenvalue weighted by Gasteiger charge is -2.06. The molecule has 0 spiro atoms. The minimum Gasteiger partial charge on any atom is -0.870 e. The molecule has 0 radical (unpaired) electrons. The molecule has 12 heavy (non-hydrogen) atoms. The van der Waals surface area contributed by atoms with Crippen molar-refractivity contribution in [1.82, 2.24) is 0 Å². The first-order chi connectivity index (χ1) is 5.65. The van der Waals surface area contributed by atoms with E-state index in [0.717, 1.165) is 12.1 Å². The summed E-state index contributed by atoms with van der Waals surface area (Å²) in [5, 5.41) is 10.6. The minimum atomic E-state index is -0.946. The van der Waals surface area contributed by atoms with Gasteiger partial charge in [-0.3, -0.25) is 0 Å². The molecular weight excluding hydrogens is 163 g/mol. The summed E-state index contributed by atoms with van der Waals surface area (Å²) >= 11 is 0. The lowest BCUT2D eigenvalue weighted by atomic mass is 10.2. The molecule has 1 rings (SSSR count). The fourth-order valence-electron chi connectivity index (χ4n) is 0.746. The lowest BCUT2D eigenvalue weighted by molar-refractivity contribution is -0.272. The quantitative estimate of drug-likeness (QED) is 0.581. The van der Waals surface area contributed by atoms with Crippen LogP contribution in [0, 0.1) is 5.82 Å². The average Bonchev–Trinajstić information content (AvgIpc) is 2.08. The zero-order chi connectivity index (χ0) is 9.14. The Morgan fingerprint density at radius 3 is 2.75 bits per heavy atom. The molecular formula is C8H6FO3-. The first kappa shape index (κ1) is 8.52. The van der Waals surface area contributed by atoms with E-state index in [1.165, 1.54) is 13.2 Å². The Kier molecular flexibility index (Phi) is 2.28. The van der Waals surface area contributed by atoms with Crippen molar-refractivity contribution in [3.05, 3.63) is 29.6 Å². The van der Waals surface area contributed by atoms with Gasteiger partial charge in [0, 0.05) is 0 Å². The van der Waals surface area contributed by atoms with Crippen LogP contribution in [0.2, 0.25) is 0 Å². The third kappa shape index (κ3) is 1.53. The van der Waals surface area contributed by atoms with Gasteiger partial charge in [0.25, 0.3) is 0 Å². The number of rotatable bonds is 1. The second kappa shape index (κ2) is 3.21. The van der Waals surface area contributed by atoms with Gasteiger partial charge in [0.15, 0.2) is 0 Å². The number of ether oxygens (including phenoxy) is 1. The fraction of sp³-hybridized carbons (Fsp3) is 0.125. The Labute approximate surface area is 68.4 Å². The third-order valence-electron chi connectivity index (χ3n) is 1.35. The van der Waals surface area contributed by atoms with Gasteiger partial charge in [0.1, 0.15) is 5.82 Å². The average molecular weight is 169 g/mol. The summed E-state index contributed by atoms with van der Waals surface area (Å²) in [7, 11) is 1.19. The van der Waals surface area contributed by atoms with Crippen molar-refractivity contribution in [3.63, 3.8) is 0 Å². The van der Waals surface area contributed by atoms with Crippen molar-refractivity contribution in [2.75, 3.05) is 7.11 Å². The Bertz CT molecular complexity index is 309. The van der Waals surface area contributed by atoms with Crippen LogP contribution in [0.15, 0.2) is 18.2 Å². The Hall–Kier alpha value is -1.58. The standard InChI is InChI=1S/C8H7FO3/c1-12-8(11)5-2-3-7(10)6(9)4-5/h2-4,10H,1H3/p-1. The Morgan fingerprint density at radius 1 is 1.58 bits per heavy atom. The van der Waals surface area contributed by atoms with Crippen LogP contribution >= 0.6 is 0 Å². The van der Waals surface area contributed by atoms with Gasteiger partial charge in [0.2, 0.25) is 0 Å². The summed E-state index contributed by atoms with van der Waals surface area (Å²) < 4.78 is 16.9. The number of halogens is 1. The number of esters is 1. The van der Waals surface area contributed by atoms with Gasteiger partial charge in [-0.2, -0.15) is 0 Å². The fourth-order valence-corrected chi connectivity index (χ4v) is 0.746. The maximum Gasteiger partial charge on any atom is 0.337 e. The molecule has 1 aromatic rings. The van der Waals surface area contributed by atoms with Gasteiger partial charge in [-0.15, -0.1) is 0 Å². The van der Waals surface area contributed by atoms with E-state index in [4.69, 9.17) is 0 Å². The second-order valence-electron chi connectivity index (χ2n) is 2.14. The molecule has 0 saturated heterocycles. The van der Waals surface area contributed by atoms with Crippen LogP contribution in [0.1, 0.15) is 10.4 Å². The summed E-state index contributed by atoms with van der Waals surface area (Å²) in [6.45, 7) is 0. The van der Waals surface area contributed by atoms with E-state index in [1.54, 1.807) is 0 Å². The van der Waals surface area contributed by atoms with Crippen LogP contribution in [0.25, 0.3) is 0 Å². The van der Waals surface area contributed by atoms with Crippen molar-refractivity contribution >= 4 is 5.97 Å². The summed E-state index contributed by atoms with van der Waals surface area (Å²) in [5.41, 5.74) is 0.0367. The third-order valence-corrected chi connectivity index (χ3v) is 1.35. The van der Waals surface area contributed by atoms with Crippen molar-refractivity contribution in [2.24, 2.45) is 0 Å². The number of hydrogen-bond acceptors (Lipinski definition) is 3. The molecule has 0 unspecified atom stereocenters. The van der Waals surface area contributed by atoms with Gasteiger partial charge >= 0.3 is 5.97 Å². The Balaban J connectivity index is 3.05.